The van der Waals surface area contributed by atoms with Gasteiger partial charge < -0.3 is 30.3 Å². The SMILES string of the molecule is CC[C@H](C)n1cnc2cc(-c3ccc4c(c3)N(C3CC(N5CCCCC5)C3)C(=O)C43CCNCC3)nc(Nc3ccc(C)c(C(=O)NC)c3)c21. The Balaban J connectivity index is 1.19. The van der Waals surface area contributed by atoms with Crippen LogP contribution in [0.4, 0.5) is 17.2 Å². The van der Waals surface area contributed by atoms with Gasteiger partial charge in [0, 0.05) is 47.7 Å². The maximum atomic E-state index is 14.6. The molecule has 3 N–H and O–H groups in total. The highest BCUT2D eigenvalue weighted by molar-refractivity contribution is 6.09. The second-order valence-corrected chi connectivity index (χ2v) is 15.0. The van der Waals surface area contributed by atoms with Crippen LogP contribution in [-0.2, 0) is 10.2 Å². The molecule has 1 spiro atoms. The standard InChI is InChI=1S/C40H50N8O2/c1-5-26(3)47-24-43-34-23-33(45-37(36(34)47)44-28-11-9-25(2)31(20-28)38(49)41-4)27-10-12-32-35(19-27)48(39(50)40(32)13-15-42-16-14-40)30-21-29(22-30)46-17-7-6-8-18-46/h9-12,19-20,23-24,26,29-30,42H,5-8,13-18,21-22H2,1-4H3,(H,41,49)(H,44,45)/t26-,29?,30?/m0/s1. The van der Waals surface area contributed by atoms with Gasteiger partial charge in [-0.05, 0) is 120 Å². The molecule has 2 aromatic heterocycles. The van der Waals surface area contributed by atoms with Gasteiger partial charge in [0.2, 0.25) is 5.91 Å². The van der Waals surface area contributed by atoms with Gasteiger partial charge in [-0.3, -0.25) is 9.59 Å². The fourth-order valence-electron chi connectivity index (χ4n) is 8.84. The maximum Gasteiger partial charge on any atom is 0.251 e. The quantitative estimate of drug-likeness (QED) is 0.197. The van der Waals surface area contributed by atoms with Crippen molar-refractivity contribution in [2.24, 2.45) is 0 Å². The van der Waals surface area contributed by atoms with Crippen LogP contribution in [0.1, 0.15) is 92.7 Å². The Hall–Kier alpha value is -4.28. The van der Waals surface area contributed by atoms with Crippen LogP contribution in [0.5, 0.6) is 0 Å². The lowest BCUT2D eigenvalue weighted by Gasteiger charge is -2.48. The summed E-state index contributed by atoms with van der Waals surface area (Å²) < 4.78 is 2.18. The molecule has 4 aromatic rings. The van der Waals surface area contributed by atoms with Gasteiger partial charge in [-0.25, -0.2) is 9.97 Å². The van der Waals surface area contributed by atoms with Crippen LogP contribution in [0.15, 0.2) is 48.8 Å². The van der Waals surface area contributed by atoms with Crippen LogP contribution < -0.4 is 20.9 Å². The summed E-state index contributed by atoms with van der Waals surface area (Å²) in [6.07, 6.45) is 10.5. The largest absolute Gasteiger partial charge is 0.355 e. The summed E-state index contributed by atoms with van der Waals surface area (Å²) in [5.74, 6) is 0.853. The third-order valence-electron chi connectivity index (χ3n) is 12.1. The summed E-state index contributed by atoms with van der Waals surface area (Å²) in [6.45, 7) is 10.4. The fourth-order valence-corrected chi connectivity index (χ4v) is 8.84. The zero-order chi connectivity index (χ0) is 34.6. The first kappa shape index (κ1) is 32.9. The minimum atomic E-state index is -0.456. The number of carbonyl (C=O) groups is 2. The first-order valence-corrected chi connectivity index (χ1v) is 18.7. The third-order valence-corrected chi connectivity index (χ3v) is 12.1. The summed E-state index contributed by atoms with van der Waals surface area (Å²) in [7, 11) is 1.65. The number of fused-ring (bicyclic) bond motifs is 3. The molecule has 8 rings (SSSR count). The number of hydrogen-bond donors (Lipinski definition) is 3. The number of pyridine rings is 1. The van der Waals surface area contributed by atoms with Gasteiger partial charge >= 0.3 is 0 Å². The predicted octanol–water partition coefficient (Wildman–Crippen LogP) is 6.47. The lowest BCUT2D eigenvalue weighted by atomic mass is 9.74. The number of aromatic nitrogens is 3. The highest BCUT2D eigenvalue weighted by Gasteiger charge is 2.54. The summed E-state index contributed by atoms with van der Waals surface area (Å²) in [5.41, 5.74) is 7.64. The predicted molar refractivity (Wildman–Crippen MR) is 199 cm³/mol. The summed E-state index contributed by atoms with van der Waals surface area (Å²) in [6, 6.07) is 15.5. The zero-order valence-corrected chi connectivity index (χ0v) is 29.9. The minimum absolute atomic E-state index is 0.125. The molecule has 50 heavy (non-hydrogen) atoms. The number of imidazole rings is 1. The normalized spacial score (nSPS) is 22.4. The molecule has 10 heteroatoms. The fraction of sp³-hybridized carbons (Fsp3) is 0.500. The van der Waals surface area contributed by atoms with E-state index in [1.165, 1.54) is 37.9 Å². The van der Waals surface area contributed by atoms with E-state index >= 15 is 0 Å². The molecule has 2 aromatic carbocycles. The van der Waals surface area contributed by atoms with Crippen molar-refractivity contribution in [2.75, 3.05) is 43.4 Å². The number of anilines is 3. The molecule has 10 nitrogen and oxygen atoms in total. The number of nitrogens with one attached hydrogen (secondary N) is 3. The van der Waals surface area contributed by atoms with E-state index in [2.05, 4.69) is 68.4 Å². The first-order valence-electron chi connectivity index (χ1n) is 18.7. The molecule has 1 saturated carbocycles. The topological polar surface area (TPSA) is 107 Å². The van der Waals surface area contributed by atoms with E-state index in [9.17, 15) is 9.59 Å². The molecule has 2 saturated heterocycles. The number of hydrogen-bond acceptors (Lipinski definition) is 7. The van der Waals surface area contributed by atoms with E-state index in [-0.39, 0.29) is 23.9 Å². The summed E-state index contributed by atoms with van der Waals surface area (Å²) in [4.78, 5) is 42.2. The van der Waals surface area contributed by atoms with Crippen molar-refractivity contribution in [1.29, 1.82) is 0 Å². The Morgan fingerprint density at radius 2 is 1.82 bits per heavy atom. The molecule has 0 radical (unpaired) electrons. The van der Waals surface area contributed by atoms with Crippen molar-refractivity contribution in [3.05, 3.63) is 65.5 Å². The van der Waals surface area contributed by atoms with Gasteiger partial charge in [0.15, 0.2) is 5.82 Å². The summed E-state index contributed by atoms with van der Waals surface area (Å²) in [5, 5.41) is 9.82. The van der Waals surface area contributed by atoms with Gasteiger partial charge in [0.1, 0.15) is 5.52 Å². The van der Waals surface area contributed by atoms with Gasteiger partial charge in [-0.1, -0.05) is 31.5 Å². The molecule has 0 unspecified atom stereocenters. The lowest BCUT2D eigenvalue weighted by Crippen LogP contribution is -2.58. The number of benzene rings is 2. The van der Waals surface area contributed by atoms with Crippen molar-refractivity contribution < 1.29 is 9.59 Å². The van der Waals surface area contributed by atoms with Gasteiger partial charge in [-0.2, -0.15) is 0 Å². The lowest BCUT2D eigenvalue weighted by molar-refractivity contribution is -0.125. The average molecular weight is 675 g/mol. The Bertz CT molecular complexity index is 1930. The van der Waals surface area contributed by atoms with Crippen LogP contribution in [0, 0.1) is 6.92 Å². The van der Waals surface area contributed by atoms with Crippen molar-refractivity contribution in [3.8, 4) is 11.3 Å². The van der Waals surface area contributed by atoms with Crippen molar-refractivity contribution in [2.45, 2.75) is 95.7 Å². The summed E-state index contributed by atoms with van der Waals surface area (Å²) >= 11 is 0. The first-order chi connectivity index (χ1) is 24.3. The molecule has 0 bridgehead atoms. The minimum Gasteiger partial charge on any atom is -0.355 e. The van der Waals surface area contributed by atoms with E-state index in [0.29, 0.717) is 17.4 Å². The molecule has 5 heterocycles. The number of rotatable bonds is 8. The van der Waals surface area contributed by atoms with E-state index in [1.807, 2.05) is 31.5 Å². The smallest absolute Gasteiger partial charge is 0.251 e. The Morgan fingerprint density at radius 1 is 1.04 bits per heavy atom. The Labute approximate surface area is 295 Å². The van der Waals surface area contributed by atoms with Crippen LogP contribution >= 0.6 is 0 Å². The molecule has 262 valence electrons. The second kappa shape index (κ2) is 13.1. The third kappa shape index (κ3) is 5.48. The van der Waals surface area contributed by atoms with Crippen molar-refractivity contribution in [3.63, 3.8) is 0 Å². The monoisotopic (exact) mass is 674 g/mol. The maximum absolute atomic E-state index is 14.6. The van der Waals surface area contributed by atoms with Gasteiger partial charge in [0.05, 0.1) is 23.0 Å². The van der Waals surface area contributed by atoms with Crippen LogP contribution in [-0.4, -0.2) is 76.6 Å². The molecule has 1 atom stereocenters. The Kier molecular flexibility index (Phi) is 8.63. The van der Waals surface area contributed by atoms with E-state index in [4.69, 9.17) is 9.97 Å². The average Bonchev–Trinajstić information content (AvgIpc) is 3.66. The van der Waals surface area contributed by atoms with E-state index < -0.39 is 5.41 Å². The number of piperidine rings is 2. The number of amides is 2. The number of carbonyl (C=O) groups excluding carboxylic acids is 2. The molecule has 4 aliphatic rings. The van der Waals surface area contributed by atoms with Crippen molar-refractivity contribution in [1.82, 2.24) is 30.1 Å². The highest BCUT2D eigenvalue weighted by Crippen LogP contribution is 2.51. The number of aryl methyl sites for hydroxylation is 1. The van der Waals surface area contributed by atoms with Crippen molar-refractivity contribution >= 4 is 40.0 Å². The molecular formula is C40H50N8O2. The molecule has 2 amide bonds. The van der Waals surface area contributed by atoms with E-state index in [0.717, 1.165) is 84.4 Å². The zero-order valence-electron chi connectivity index (χ0n) is 29.9. The molecule has 1 aliphatic carbocycles. The van der Waals surface area contributed by atoms with Gasteiger partial charge in [0.25, 0.3) is 5.91 Å². The van der Waals surface area contributed by atoms with Crippen LogP contribution in [0.3, 0.4) is 0 Å². The highest BCUT2D eigenvalue weighted by atomic mass is 16.2. The molecule has 3 aliphatic heterocycles. The molecule has 3 fully saturated rings. The van der Waals surface area contributed by atoms with Crippen LogP contribution in [0.2, 0.25) is 0 Å². The number of likely N-dealkylation sites (tertiary alicyclic amines) is 1. The number of nitrogens with zero attached hydrogens (tertiary/aromatic N) is 5. The Morgan fingerprint density at radius 3 is 2.56 bits per heavy atom. The van der Waals surface area contributed by atoms with Crippen LogP contribution in [0.25, 0.3) is 22.3 Å². The van der Waals surface area contributed by atoms with Gasteiger partial charge in [-0.15, -0.1) is 0 Å². The molecular weight excluding hydrogens is 624 g/mol. The van der Waals surface area contributed by atoms with E-state index in [1.54, 1.807) is 7.05 Å². The second-order valence-electron chi connectivity index (χ2n) is 15.0.